The fraction of sp³-hybridized carbons (Fsp3) is 0.400. The molecule has 2 nitrogen and oxygen atoms in total. The number of hydrogen-bond donors (Lipinski definition) is 0. The van der Waals surface area contributed by atoms with Gasteiger partial charge in [0.1, 0.15) is 6.42 Å². The lowest BCUT2D eigenvalue weighted by atomic mass is 10.4. The molecule has 0 fully saturated rings. The average Bonchev–Trinajstić information content (AvgIpc) is 1.59. The van der Waals surface area contributed by atoms with Gasteiger partial charge in [-0.1, -0.05) is 6.58 Å². The Hall–Kier alpha value is -1.00. The van der Waals surface area contributed by atoms with Crippen LogP contribution in [0.1, 0.15) is 6.42 Å². The van der Waals surface area contributed by atoms with Crippen LogP contribution in [0.3, 0.4) is 0 Å². The Balaban J connectivity index is 3.68. The van der Waals surface area contributed by atoms with E-state index < -0.39 is 18.6 Å². The van der Waals surface area contributed by atoms with Crippen LogP contribution in [0.5, 0.6) is 0 Å². The zero-order valence-electron chi connectivity index (χ0n) is 4.94. The van der Waals surface area contributed by atoms with E-state index in [2.05, 4.69) is 11.3 Å². The maximum Gasteiger partial charge on any atom is 0.399 e. The third-order valence-electron chi connectivity index (χ3n) is 0.560. The Labute approximate surface area is 55.3 Å². The monoisotopic (exact) mass is 154 g/mol. The lowest BCUT2D eigenvalue weighted by Gasteiger charge is -2.02. The number of carbonyl (C=O) groups excluding carboxylic acids is 1. The predicted octanol–water partition coefficient (Wildman–Crippen LogP) is 1.63. The van der Waals surface area contributed by atoms with Crippen molar-refractivity contribution in [2.24, 2.45) is 0 Å². The second kappa shape index (κ2) is 3.24. The van der Waals surface area contributed by atoms with E-state index in [4.69, 9.17) is 0 Å². The lowest BCUT2D eigenvalue weighted by Crippen LogP contribution is -2.15. The Morgan fingerprint density at radius 1 is 1.60 bits per heavy atom. The van der Waals surface area contributed by atoms with Crippen molar-refractivity contribution in [3.63, 3.8) is 0 Å². The quantitative estimate of drug-likeness (QED) is 0.446. The fourth-order valence-electron chi connectivity index (χ4n) is 0.298. The zero-order valence-corrected chi connectivity index (χ0v) is 4.94. The third-order valence-corrected chi connectivity index (χ3v) is 0.560. The first kappa shape index (κ1) is 9.00. The predicted molar refractivity (Wildman–Crippen MR) is 27.0 cm³/mol. The average molecular weight is 154 g/mol. The van der Waals surface area contributed by atoms with Gasteiger partial charge in [-0.25, -0.2) is 0 Å². The molecule has 0 bridgehead atoms. The van der Waals surface area contributed by atoms with Crippen molar-refractivity contribution in [3.8, 4) is 0 Å². The topological polar surface area (TPSA) is 26.3 Å². The second-order valence-electron chi connectivity index (χ2n) is 1.45. The van der Waals surface area contributed by atoms with E-state index in [-0.39, 0.29) is 0 Å². The van der Waals surface area contributed by atoms with Gasteiger partial charge >= 0.3 is 12.1 Å². The van der Waals surface area contributed by atoms with E-state index in [0.717, 1.165) is 0 Å². The minimum absolute atomic E-state index is 0.661. The highest BCUT2D eigenvalue weighted by atomic mass is 19.4. The molecule has 0 aromatic heterocycles. The van der Waals surface area contributed by atoms with E-state index in [1.807, 2.05) is 0 Å². The minimum atomic E-state index is -4.50. The molecule has 0 saturated carbocycles. The van der Waals surface area contributed by atoms with E-state index >= 15 is 0 Å². The van der Waals surface area contributed by atoms with Gasteiger partial charge in [0, 0.05) is 0 Å². The van der Waals surface area contributed by atoms with Gasteiger partial charge in [-0.3, -0.25) is 4.79 Å². The summed E-state index contributed by atoms with van der Waals surface area (Å²) < 4.78 is 37.7. The van der Waals surface area contributed by atoms with Crippen LogP contribution in [-0.2, 0) is 9.53 Å². The van der Waals surface area contributed by atoms with Crippen molar-refractivity contribution in [2.45, 2.75) is 12.6 Å². The third kappa shape index (κ3) is 5.14. The number of alkyl halides is 3. The molecule has 0 aliphatic carbocycles. The smallest absolute Gasteiger partial charge is 0.399 e. The van der Waals surface area contributed by atoms with Crippen molar-refractivity contribution in [3.05, 3.63) is 12.8 Å². The number of esters is 1. The van der Waals surface area contributed by atoms with E-state index in [1.54, 1.807) is 0 Å². The maximum absolute atomic E-state index is 11.3. The number of carbonyl (C=O) groups is 1. The summed E-state index contributed by atoms with van der Waals surface area (Å²) in [5.74, 6) is -1.34. The van der Waals surface area contributed by atoms with E-state index in [9.17, 15) is 18.0 Å². The Kier molecular flexibility index (Phi) is 2.92. The van der Waals surface area contributed by atoms with Crippen molar-refractivity contribution >= 4 is 5.97 Å². The number of rotatable bonds is 2. The highest BCUT2D eigenvalue weighted by molar-refractivity contribution is 5.70. The molecule has 0 unspecified atom stereocenters. The standard InChI is InChI=1S/C5H5F3O2/c1-2-10-4(9)3-5(6,7)8/h2H,1,3H2. The summed E-state index contributed by atoms with van der Waals surface area (Å²) in [5.41, 5.74) is 0. The summed E-state index contributed by atoms with van der Waals surface area (Å²) in [6, 6.07) is 0. The Morgan fingerprint density at radius 2 is 2.10 bits per heavy atom. The van der Waals surface area contributed by atoms with Crippen LogP contribution in [0.25, 0.3) is 0 Å². The van der Waals surface area contributed by atoms with Crippen LogP contribution < -0.4 is 0 Å². The molecular formula is C5H5F3O2. The van der Waals surface area contributed by atoms with Gasteiger partial charge in [-0.05, 0) is 0 Å². The maximum atomic E-state index is 11.3. The van der Waals surface area contributed by atoms with Crippen LogP contribution in [0, 0.1) is 0 Å². The largest absolute Gasteiger partial charge is 0.435 e. The fourth-order valence-corrected chi connectivity index (χ4v) is 0.298. The molecule has 0 N–H and O–H groups in total. The van der Waals surface area contributed by atoms with Crippen LogP contribution in [-0.4, -0.2) is 12.1 Å². The first-order chi connectivity index (χ1) is 4.45. The molecule has 0 aliphatic heterocycles. The van der Waals surface area contributed by atoms with Gasteiger partial charge < -0.3 is 4.74 Å². The molecule has 0 aliphatic rings. The molecule has 0 rings (SSSR count). The molecular weight excluding hydrogens is 149 g/mol. The van der Waals surface area contributed by atoms with Gasteiger partial charge in [-0.2, -0.15) is 13.2 Å². The molecule has 0 amide bonds. The van der Waals surface area contributed by atoms with Crippen molar-refractivity contribution in [1.82, 2.24) is 0 Å². The van der Waals surface area contributed by atoms with Gasteiger partial charge in [-0.15, -0.1) is 0 Å². The molecule has 0 heterocycles. The molecule has 0 aromatic rings. The van der Waals surface area contributed by atoms with Gasteiger partial charge in [0.2, 0.25) is 0 Å². The lowest BCUT2D eigenvalue weighted by molar-refractivity contribution is -0.166. The number of hydrogen-bond acceptors (Lipinski definition) is 2. The molecule has 5 heteroatoms. The number of halogens is 3. The highest BCUT2D eigenvalue weighted by Gasteiger charge is 2.31. The summed E-state index contributed by atoms with van der Waals surface area (Å²) >= 11 is 0. The summed E-state index contributed by atoms with van der Waals surface area (Å²) in [6.45, 7) is 2.92. The summed E-state index contributed by atoms with van der Waals surface area (Å²) in [6.07, 6.45) is -5.41. The molecule has 0 saturated heterocycles. The summed E-state index contributed by atoms with van der Waals surface area (Å²) in [7, 11) is 0. The molecule has 0 radical (unpaired) electrons. The summed E-state index contributed by atoms with van der Waals surface area (Å²) in [4.78, 5) is 10.0. The highest BCUT2D eigenvalue weighted by Crippen LogP contribution is 2.19. The SMILES string of the molecule is C=COC(=O)CC(F)(F)F. The van der Waals surface area contributed by atoms with Gasteiger partial charge in [0.05, 0.1) is 6.26 Å². The molecule has 0 atom stereocenters. The van der Waals surface area contributed by atoms with Crippen molar-refractivity contribution in [1.29, 1.82) is 0 Å². The van der Waals surface area contributed by atoms with Crippen molar-refractivity contribution < 1.29 is 22.7 Å². The minimum Gasteiger partial charge on any atom is -0.435 e. The van der Waals surface area contributed by atoms with Gasteiger partial charge in [0.15, 0.2) is 0 Å². The molecule has 0 spiro atoms. The number of ether oxygens (including phenoxy) is 1. The Bertz CT molecular complexity index is 138. The molecule has 10 heavy (non-hydrogen) atoms. The Morgan fingerprint density at radius 3 is 2.40 bits per heavy atom. The van der Waals surface area contributed by atoms with E-state index in [1.165, 1.54) is 0 Å². The van der Waals surface area contributed by atoms with Gasteiger partial charge in [0.25, 0.3) is 0 Å². The normalized spacial score (nSPS) is 10.7. The van der Waals surface area contributed by atoms with E-state index in [0.29, 0.717) is 6.26 Å². The first-order valence-electron chi connectivity index (χ1n) is 2.33. The summed E-state index contributed by atoms with van der Waals surface area (Å²) in [5, 5.41) is 0. The molecule has 0 aromatic carbocycles. The second-order valence-corrected chi connectivity index (χ2v) is 1.45. The van der Waals surface area contributed by atoms with Crippen LogP contribution in [0.4, 0.5) is 13.2 Å². The van der Waals surface area contributed by atoms with Crippen LogP contribution in [0.15, 0.2) is 12.8 Å². The molecule has 58 valence electrons. The van der Waals surface area contributed by atoms with Crippen LogP contribution in [0.2, 0.25) is 0 Å². The first-order valence-corrected chi connectivity index (χ1v) is 2.33. The van der Waals surface area contributed by atoms with Crippen LogP contribution >= 0.6 is 0 Å². The zero-order chi connectivity index (χ0) is 8.20. The van der Waals surface area contributed by atoms with Crippen molar-refractivity contribution in [2.75, 3.05) is 0 Å².